The number of rotatable bonds is 7. The van der Waals surface area contributed by atoms with E-state index in [4.69, 9.17) is 8.83 Å². The van der Waals surface area contributed by atoms with Crippen molar-refractivity contribution in [3.8, 4) is 44.5 Å². The molecule has 0 unspecified atom stereocenters. The van der Waals surface area contributed by atoms with Gasteiger partial charge in [0.2, 0.25) is 11.8 Å². The zero-order chi connectivity index (χ0) is 54.3. The molecule has 2 aliphatic heterocycles. The third kappa shape index (κ3) is 7.61. The summed E-state index contributed by atoms with van der Waals surface area (Å²) in [5.74, 6) is 1.85. The molecule has 0 fully saturated rings. The molecule has 15 rings (SSSR count). The Labute approximate surface area is 476 Å². The van der Waals surface area contributed by atoms with Gasteiger partial charge in [0.1, 0.15) is 11.2 Å². The normalized spacial score (nSPS) is 13.3. The Morgan fingerprint density at radius 3 is 1.24 bits per heavy atom. The zero-order valence-corrected chi connectivity index (χ0v) is 47.9. The van der Waals surface area contributed by atoms with Gasteiger partial charge in [-0.15, -0.1) is 22.7 Å². The van der Waals surface area contributed by atoms with Crippen LogP contribution in [0.1, 0.15) is 78.0 Å². The summed E-state index contributed by atoms with van der Waals surface area (Å²) in [6, 6.07) is 72.3. The minimum Gasteiger partial charge on any atom is -0.440 e. The summed E-state index contributed by atoms with van der Waals surface area (Å²) < 4.78 is 17.7. The van der Waals surface area contributed by atoms with E-state index in [0.717, 1.165) is 89.6 Å². The van der Waals surface area contributed by atoms with E-state index in [0.29, 0.717) is 0 Å². The van der Waals surface area contributed by atoms with Gasteiger partial charge < -0.3 is 8.83 Å². The van der Waals surface area contributed by atoms with Crippen LogP contribution in [0.2, 0.25) is 0 Å². The highest BCUT2D eigenvalue weighted by Gasteiger charge is 2.50. The number of thiophene rings is 2. The molecular formula is C73H59BN2O2S2. The molecule has 0 amide bonds. The summed E-state index contributed by atoms with van der Waals surface area (Å²) in [5, 5.41) is 9.40. The zero-order valence-electron chi connectivity index (χ0n) is 46.3. The fourth-order valence-corrected chi connectivity index (χ4v) is 14.6. The molecule has 0 saturated heterocycles. The molecule has 0 saturated carbocycles. The fraction of sp³-hybridized carbons (Fsp3) is 0.151. The molecule has 388 valence electrons. The molecule has 7 heteroatoms. The average molecular weight is 1070 g/mol. The fourth-order valence-electron chi connectivity index (χ4n) is 12.7. The Morgan fingerprint density at radius 2 is 0.812 bits per heavy atom. The van der Waals surface area contributed by atoms with Crippen molar-refractivity contribution in [1.82, 2.24) is 0 Å². The lowest BCUT2D eigenvalue weighted by Crippen LogP contribution is -2.61. The topological polar surface area (TPSA) is 32.8 Å². The van der Waals surface area contributed by atoms with Gasteiger partial charge in [-0.2, -0.15) is 0 Å². The van der Waals surface area contributed by atoms with Crippen LogP contribution in [0.3, 0.4) is 0 Å². The van der Waals surface area contributed by atoms with Crippen molar-refractivity contribution < 1.29 is 8.83 Å². The number of anilines is 6. The van der Waals surface area contributed by atoms with E-state index in [-0.39, 0.29) is 23.5 Å². The monoisotopic (exact) mass is 1070 g/mol. The highest BCUT2D eigenvalue weighted by molar-refractivity contribution is 7.18. The second-order valence-corrected chi connectivity index (χ2v) is 26.1. The van der Waals surface area contributed by atoms with Gasteiger partial charge in [0, 0.05) is 75.5 Å². The van der Waals surface area contributed by atoms with E-state index in [1.807, 2.05) is 0 Å². The van der Waals surface area contributed by atoms with Gasteiger partial charge in [-0.25, -0.2) is 0 Å². The lowest BCUT2D eigenvalue weighted by molar-refractivity contribution is 0.589. The minimum atomic E-state index is -0.264. The summed E-state index contributed by atoms with van der Waals surface area (Å²) in [4.78, 5) is 4.97. The molecule has 4 nitrogen and oxygen atoms in total. The van der Waals surface area contributed by atoms with Crippen LogP contribution in [-0.2, 0) is 10.8 Å². The molecule has 0 aliphatic carbocycles. The van der Waals surface area contributed by atoms with Crippen LogP contribution in [0, 0.1) is 0 Å². The summed E-state index contributed by atoms with van der Waals surface area (Å²) in [7, 11) is 0. The predicted molar refractivity (Wildman–Crippen MR) is 344 cm³/mol. The highest BCUT2D eigenvalue weighted by atomic mass is 32.1. The Kier molecular flexibility index (Phi) is 11.0. The largest absolute Gasteiger partial charge is 0.440 e. The van der Waals surface area contributed by atoms with Crippen molar-refractivity contribution in [2.24, 2.45) is 0 Å². The third-order valence-corrected chi connectivity index (χ3v) is 18.9. The maximum atomic E-state index is 7.56. The molecule has 0 atom stereocenters. The van der Waals surface area contributed by atoms with Crippen LogP contribution in [0.4, 0.5) is 34.5 Å². The summed E-state index contributed by atoms with van der Waals surface area (Å²) in [6.07, 6.45) is 0. The number of hydrogen-bond acceptors (Lipinski definition) is 6. The molecular weight excluding hydrogens is 1010 g/mol. The second-order valence-electron chi connectivity index (χ2n) is 24.3. The van der Waals surface area contributed by atoms with Crippen molar-refractivity contribution in [1.29, 1.82) is 0 Å². The van der Waals surface area contributed by atoms with Crippen molar-refractivity contribution in [2.45, 2.75) is 72.1 Å². The first-order chi connectivity index (χ1) is 38.8. The van der Waals surface area contributed by atoms with E-state index in [2.05, 4.69) is 270 Å². The van der Waals surface area contributed by atoms with Crippen molar-refractivity contribution in [3.63, 3.8) is 0 Å². The van der Waals surface area contributed by atoms with Gasteiger partial charge in [0.05, 0.1) is 11.4 Å². The smallest absolute Gasteiger partial charge is 0.262 e. The van der Waals surface area contributed by atoms with Gasteiger partial charge in [0.15, 0.2) is 0 Å². The number of nitrogens with zero attached hydrogens (tertiary/aromatic N) is 2. The Hall–Kier alpha value is -8.36. The van der Waals surface area contributed by atoms with Crippen molar-refractivity contribution in [2.75, 3.05) is 9.80 Å². The number of benzene rings is 9. The lowest BCUT2D eigenvalue weighted by Gasteiger charge is -2.42. The first-order valence-corrected chi connectivity index (χ1v) is 29.8. The van der Waals surface area contributed by atoms with Gasteiger partial charge >= 0.3 is 0 Å². The maximum absolute atomic E-state index is 7.56. The number of fused-ring (bicyclic) bond motifs is 10. The molecule has 0 spiro atoms. The number of hydrogen-bond donors (Lipinski definition) is 0. The average Bonchev–Trinajstić information content (AvgIpc) is 4.45. The van der Waals surface area contributed by atoms with Gasteiger partial charge in [-0.05, 0) is 145 Å². The first-order valence-electron chi connectivity index (χ1n) is 28.0. The predicted octanol–water partition coefficient (Wildman–Crippen LogP) is 20.1. The Balaban J connectivity index is 1.08. The molecule has 0 radical (unpaired) electrons. The molecule has 4 aromatic heterocycles. The van der Waals surface area contributed by atoms with Crippen LogP contribution in [0.5, 0.6) is 0 Å². The van der Waals surface area contributed by atoms with E-state index in [9.17, 15) is 0 Å². The standard InChI is InChI=1S/C73H59BN2O2S2/c1-43(2)48-37-61-69-62(38-48)76(60-32-28-47(36-54(60)45-21-13-10-14-22-45)58-42-80-66-26-18-16-24-52(58)66)71-68(56-40-50(73(6,7)8)30-34-64(56)78-71)74(69)67-55-39-49(72(3,4)5)29-33-63(55)77-70(67)75(61)59-31-27-46(35-53(59)44-19-11-9-12-20-44)57-41-79-65-25-17-15-23-51(57)65/h9-43H,1-8H3. The van der Waals surface area contributed by atoms with Crippen LogP contribution in [-0.4, -0.2) is 6.71 Å². The SMILES string of the molecule is CC(C)c1cc2c3c(c1)N(c1ccc(-c4csc5ccccc45)cc1-c1ccccc1)c1oc4ccc(C(C)(C)C)cc4c1B3c1c(oc3ccc(C(C)(C)C)cc13)N2c1ccc(-c2csc3ccccc23)cc1-c1ccccc1. The van der Waals surface area contributed by atoms with Gasteiger partial charge in [-0.3, -0.25) is 9.80 Å². The molecule has 0 bridgehead atoms. The molecule has 80 heavy (non-hydrogen) atoms. The highest BCUT2D eigenvalue weighted by Crippen LogP contribution is 2.53. The van der Waals surface area contributed by atoms with Crippen LogP contribution >= 0.6 is 22.7 Å². The minimum absolute atomic E-state index is 0.113. The maximum Gasteiger partial charge on any atom is 0.262 e. The van der Waals surface area contributed by atoms with E-state index in [1.54, 1.807) is 22.7 Å². The van der Waals surface area contributed by atoms with E-state index in [1.165, 1.54) is 64.6 Å². The van der Waals surface area contributed by atoms with Gasteiger partial charge in [0.25, 0.3) is 6.71 Å². The third-order valence-electron chi connectivity index (χ3n) is 17.0. The summed E-state index contributed by atoms with van der Waals surface area (Å²) in [6.45, 7) is 18.2. The molecule has 6 heterocycles. The molecule has 2 aliphatic rings. The van der Waals surface area contributed by atoms with E-state index >= 15 is 0 Å². The lowest BCUT2D eigenvalue weighted by atomic mass is 9.33. The summed E-state index contributed by atoms with van der Waals surface area (Å²) in [5.41, 5.74) is 22.4. The second kappa shape index (κ2) is 18.1. The summed E-state index contributed by atoms with van der Waals surface area (Å²) >= 11 is 3.61. The Morgan fingerprint density at radius 1 is 0.388 bits per heavy atom. The number of furan rings is 2. The van der Waals surface area contributed by atoms with Crippen LogP contribution in [0.15, 0.2) is 214 Å². The van der Waals surface area contributed by atoms with Crippen molar-refractivity contribution in [3.05, 3.63) is 222 Å². The quantitative estimate of drug-likeness (QED) is 0.149. The molecule has 9 aromatic carbocycles. The van der Waals surface area contributed by atoms with Gasteiger partial charge in [-0.1, -0.05) is 177 Å². The van der Waals surface area contributed by atoms with Crippen molar-refractivity contribution >= 4 is 122 Å². The molecule has 13 aromatic rings. The molecule has 0 N–H and O–H groups in total. The first kappa shape index (κ1) is 48.7. The Bertz CT molecular complexity index is 4330. The van der Waals surface area contributed by atoms with E-state index < -0.39 is 0 Å². The van der Waals surface area contributed by atoms with Crippen LogP contribution < -0.4 is 26.2 Å². The van der Waals surface area contributed by atoms with Crippen LogP contribution in [0.25, 0.3) is 86.6 Å².